The van der Waals surface area contributed by atoms with Gasteiger partial charge in [-0.25, -0.2) is 4.98 Å². The van der Waals surface area contributed by atoms with Crippen molar-refractivity contribution in [1.82, 2.24) is 4.98 Å². The average molecular weight is 250 g/mol. The minimum absolute atomic E-state index is 0.152. The molecule has 16 heavy (non-hydrogen) atoms. The normalized spacial score (nSPS) is 10.8. The molecule has 0 radical (unpaired) electrons. The molecule has 2 aromatic heterocycles. The Bertz CT molecular complexity index is 500. The van der Waals surface area contributed by atoms with Crippen LogP contribution >= 0.6 is 22.7 Å². The Hall–Kier alpha value is -1.46. The number of anilines is 1. The number of aryl methyl sites for hydroxylation is 1. The van der Waals surface area contributed by atoms with E-state index in [-0.39, 0.29) is 5.91 Å². The molecule has 0 aliphatic rings. The summed E-state index contributed by atoms with van der Waals surface area (Å²) in [7, 11) is 0. The van der Waals surface area contributed by atoms with Crippen LogP contribution in [0.4, 0.5) is 5.13 Å². The smallest absolute Gasteiger partial charge is 0.250 e. The molecule has 0 unspecified atom stereocenters. The summed E-state index contributed by atoms with van der Waals surface area (Å²) in [5.41, 5.74) is 1.96. The summed E-state index contributed by atoms with van der Waals surface area (Å²) in [6, 6.07) is 1.96. The molecular formula is C11H10N2OS2. The molecule has 82 valence electrons. The minimum Gasteiger partial charge on any atom is -0.298 e. The zero-order valence-electron chi connectivity index (χ0n) is 8.64. The van der Waals surface area contributed by atoms with E-state index in [9.17, 15) is 4.79 Å². The van der Waals surface area contributed by atoms with Crippen LogP contribution in [0.1, 0.15) is 11.3 Å². The van der Waals surface area contributed by atoms with Gasteiger partial charge < -0.3 is 0 Å². The van der Waals surface area contributed by atoms with Gasteiger partial charge in [0.15, 0.2) is 5.13 Å². The minimum atomic E-state index is -0.152. The molecule has 2 aromatic rings. The fourth-order valence-electron chi connectivity index (χ4n) is 1.10. The van der Waals surface area contributed by atoms with Gasteiger partial charge in [-0.15, -0.1) is 11.3 Å². The first kappa shape index (κ1) is 11.0. The number of nitrogens with one attached hydrogen (secondary N) is 1. The van der Waals surface area contributed by atoms with Crippen molar-refractivity contribution in [2.75, 3.05) is 5.32 Å². The lowest BCUT2D eigenvalue weighted by atomic mass is 10.3. The molecule has 0 fully saturated rings. The van der Waals surface area contributed by atoms with Crippen molar-refractivity contribution in [3.05, 3.63) is 39.5 Å². The number of thiophene rings is 1. The molecule has 0 bridgehead atoms. The van der Waals surface area contributed by atoms with Crippen LogP contribution in [0.2, 0.25) is 0 Å². The fourth-order valence-corrected chi connectivity index (χ4v) is 2.42. The highest BCUT2D eigenvalue weighted by Crippen LogP contribution is 2.14. The Morgan fingerprint density at radius 2 is 2.38 bits per heavy atom. The van der Waals surface area contributed by atoms with Crippen LogP contribution in [-0.4, -0.2) is 10.9 Å². The van der Waals surface area contributed by atoms with Gasteiger partial charge in [0, 0.05) is 11.5 Å². The first-order chi connectivity index (χ1) is 7.74. The van der Waals surface area contributed by atoms with E-state index in [1.165, 1.54) is 17.4 Å². The predicted molar refractivity (Wildman–Crippen MR) is 68.8 cm³/mol. The number of aromatic nitrogens is 1. The Labute approximate surface area is 101 Å². The lowest BCUT2D eigenvalue weighted by Gasteiger charge is -1.94. The second-order valence-corrected chi connectivity index (χ2v) is 4.81. The van der Waals surface area contributed by atoms with Crippen LogP contribution in [0.5, 0.6) is 0 Å². The lowest BCUT2D eigenvalue weighted by molar-refractivity contribution is -0.111. The van der Waals surface area contributed by atoms with Gasteiger partial charge in [0.05, 0.1) is 5.69 Å². The highest BCUT2D eigenvalue weighted by Gasteiger charge is 2.01. The Morgan fingerprint density at radius 3 is 3.00 bits per heavy atom. The highest BCUT2D eigenvalue weighted by molar-refractivity contribution is 7.13. The second-order valence-electron chi connectivity index (χ2n) is 3.17. The summed E-state index contributed by atoms with van der Waals surface area (Å²) in [6.07, 6.45) is 3.30. The molecule has 0 spiro atoms. The SMILES string of the molecule is Cc1csc(NC(=O)/C=C/c2ccsc2)n1. The monoisotopic (exact) mass is 250 g/mol. The molecule has 1 amide bonds. The third-order valence-corrected chi connectivity index (χ3v) is 3.40. The van der Waals surface area contributed by atoms with Gasteiger partial charge in [0.2, 0.25) is 5.91 Å². The molecule has 0 aliphatic carbocycles. The summed E-state index contributed by atoms with van der Waals surface area (Å²) in [4.78, 5) is 15.6. The number of rotatable bonds is 3. The van der Waals surface area contributed by atoms with Crippen molar-refractivity contribution in [2.24, 2.45) is 0 Å². The topological polar surface area (TPSA) is 42.0 Å². The highest BCUT2D eigenvalue weighted by atomic mass is 32.1. The number of hydrogen-bond donors (Lipinski definition) is 1. The van der Waals surface area contributed by atoms with Crippen molar-refractivity contribution < 1.29 is 4.79 Å². The maximum Gasteiger partial charge on any atom is 0.250 e. The number of carbonyl (C=O) groups is 1. The van der Waals surface area contributed by atoms with Crippen molar-refractivity contribution in [1.29, 1.82) is 0 Å². The summed E-state index contributed by atoms with van der Waals surface area (Å²) >= 11 is 3.03. The van der Waals surface area contributed by atoms with E-state index in [2.05, 4.69) is 10.3 Å². The molecule has 2 rings (SSSR count). The van der Waals surface area contributed by atoms with E-state index in [4.69, 9.17) is 0 Å². The van der Waals surface area contributed by atoms with Crippen molar-refractivity contribution >= 4 is 39.8 Å². The van der Waals surface area contributed by atoms with Crippen LogP contribution in [0, 0.1) is 6.92 Å². The standard InChI is InChI=1S/C11H10N2OS2/c1-8-6-16-11(12-8)13-10(14)3-2-9-4-5-15-7-9/h2-7H,1H3,(H,12,13,14)/b3-2+. The van der Waals surface area contributed by atoms with E-state index >= 15 is 0 Å². The van der Waals surface area contributed by atoms with Crippen LogP contribution in [0.3, 0.4) is 0 Å². The van der Waals surface area contributed by atoms with E-state index in [1.807, 2.05) is 29.1 Å². The van der Waals surface area contributed by atoms with Gasteiger partial charge in [-0.1, -0.05) is 0 Å². The summed E-state index contributed by atoms with van der Waals surface area (Å²) in [5, 5.41) is 9.21. The first-order valence-corrected chi connectivity index (χ1v) is 6.50. The second kappa shape index (κ2) is 5.05. The molecule has 2 heterocycles. The lowest BCUT2D eigenvalue weighted by Crippen LogP contribution is -2.07. The molecule has 0 saturated carbocycles. The largest absolute Gasteiger partial charge is 0.298 e. The molecule has 0 aliphatic heterocycles. The number of carbonyl (C=O) groups excluding carboxylic acids is 1. The summed E-state index contributed by atoms with van der Waals surface area (Å²) in [5.74, 6) is -0.152. The fraction of sp³-hybridized carbons (Fsp3) is 0.0909. The van der Waals surface area contributed by atoms with Crippen LogP contribution in [0.25, 0.3) is 6.08 Å². The molecule has 0 saturated heterocycles. The van der Waals surface area contributed by atoms with Gasteiger partial charge in [-0.2, -0.15) is 11.3 Å². The maximum atomic E-state index is 11.5. The van der Waals surface area contributed by atoms with Gasteiger partial charge >= 0.3 is 0 Å². The number of thiazole rings is 1. The number of hydrogen-bond acceptors (Lipinski definition) is 4. The third kappa shape index (κ3) is 3.01. The van der Waals surface area contributed by atoms with Gasteiger partial charge in [-0.05, 0) is 35.4 Å². The molecular weight excluding hydrogens is 240 g/mol. The third-order valence-electron chi connectivity index (χ3n) is 1.82. The maximum absolute atomic E-state index is 11.5. The molecule has 0 aromatic carbocycles. The van der Waals surface area contributed by atoms with Crippen molar-refractivity contribution in [3.63, 3.8) is 0 Å². The number of amides is 1. The average Bonchev–Trinajstić information content (AvgIpc) is 2.87. The predicted octanol–water partition coefficient (Wildman–Crippen LogP) is 3.16. The Kier molecular flexibility index (Phi) is 3.48. The zero-order chi connectivity index (χ0) is 11.4. The van der Waals surface area contributed by atoms with Gasteiger partial charge in [0.1, 0.15) is 0 Å². The van der Waals surface area contributed by atoms with Crippen molar-refractivity contribution in [3.8, 4) is 0 Å². The Morgan fingerprint density at radius 1 is 1.50 bits per heavy atom. The van der Waals surface area contributed by atoms with Gasteiger partial charge in [0.25, 0.3) is 0 Å². The molecule has 1 N–H and O–H groups in total. The Balaban J connectivity index is 1.94. The first-order valence-electron chi connectivity index (χ1n) is 4.67. The molecule has 5 heteroatoms. The quantitative estimate of drug-likeness (QED) is 0.850. The summed E-state index contributed by atoms with van der Waals surface area (Å²) in [6.45, 7) is 1.90. The zero-order valence-corrected chi connectivity index (χ0v) is 10.3. The van der Waals surface area contributed by atoms with Crippen LogP contribution < -0.4 is 5.32 Å². The van der Waals surface area contributed by atoms with Crippen LogP contribution in [-0.2, 0) is 4.79 Å². The summed E-state index contributed by atoms with van der Waals surface area (Å²) < 4.78 is 0. The van der Waals surface area contributed by atoms with E-state index in [1.54, 1.807) is 17.4 Å². The van der Waals surface area contributed by atoms with E-state index in [0.717, 1.165) is 11.3 Å². The van der Waals surface area contributed by atoms with Crippen molar-refractivity contribution in [2.45, 2.75) is 6.92 Å². The van der Waals surface area contributed by atoms with Gasteiger partial charge in [-0.3, -0.25) is 10.1 Å². The van der Waals surface area contributed by atoms with E-state index < -0.39 is 0 Å². The number of nitrogens with zero attached hydrogens (tertiary/aromatic N) is 1. The van der Waals surface area contributed by atoms with E-state index in [0.29, 0.717) is 5.13 Å². The molecule has 3 nitrogen and oxygen atoms in total. The molecule has 0 atom stereocenters. The van der Waals surface area contributed by atoms with Crippen LogP contribution in [0.15, 0.2) is 28.3 Å².